The van der Waals surface area contributed by atoms with Crippen LogP contribution in [0.5, 0.6) is 0 Å². The first-order valence-electron chi connectivity index (χ1n) is 7.79. The van der Waals surface area contributed by atoms with E-state index in [2.05, 4.69) is 25.8 Å². The normalized spacial score (nSPS) is 17.4. The SMILES string of the molecule is CC(C)n1cc(N)cc1C(=O)N(C)CC1CCN(C)CC1. The minimum Gasteiger partial charge on any atom is -0.397 e. The highest BCUT2D eigenvalue weighted by atomic mass is 16.2. The van der Waals surface area contributed by atoms with Crippen LogP contribution in [0.2, 0.25) is 0 Å². The molecule has 5 heteroatoms. The van der Waals surface area contributed by atoms with Crippen molar-refractivity contribution in [1.29, 1.82) is 0 Å². The summed E-state index contributed by atoms with van der Waals surface area (Å²) in [5.41, 5.74) is 7.20. The van der Waals surface area contributed by atoms with Gasteiger partial charge < -0.3 is 20.1 Å². The molecule has 1 aromatic rings. The van der Waals surface area contributed by atoms with Crippen LogP contribution in [0, 0.1) is 5.92 Å². The summed E-state index contributed by atoms with van der Waals surface area (Å²) in [5.74, 6) is 0.675. The lowest BCUT2D eigenvalue weighted by molar-refractivity contribution is 0.0735. The number of amides is 1. The van der Waals surface area contributed by atoms with Gasteiger partial charge in [-0.1, -0.05) is 0 Å². The van der Waals surface area contributed by atoms with E-state index in [4.69, 9.17) is 5.73 Å². The lowest BCUT2D eigenvalue weighted by Gasteiger charge is -2.31. The van der Waals surface area contributed by atoms with Crippen molar-refractivity contribution in [2.45, 2.75) is 32.7 Å². The highest BCUT2D eigenvalue weighted by Crippen LogP contribution is 2.20. The summed E-state index contributed by atoms with van der Waals surface area (Å²) >= 11 is 0. The molecule has 5 nitrogen and oxygen atoms in total. The number of nitrogens with two attached hydrogens (primary N) is 1. The third-order valence-corrected chi connectivity index (χ3v) is 4.36. The van der Waals surface area contributed by atoms with Crippen molar-refractivity contribution in [2.24, 2.45) is 5.92 Å². The fourth-order valence-corrected chi connectivity index (χ4v) is 3.01. The van der Waals surface area contributed by atoms with Gasteiger partial charge in [-0.3, -0.25) is 4.79 Å². The van der Waals surface area contributed by atoms with Crippen LogP contribution < -0.4 is 5.73 Å². The van der Waals surface area contributed by atoms with Crippen LogP contribution in [0.4, 0.5) is 5.69 Å². The molecule has 1 aliphatic heterocycles. The Morgan fingerprint density at radius 1 is 1.43 bits per heavy atom. The standard InChI is InChI=1S/C16H28N4O/c1-12(2)20-11-14(17)9-15(20)16(21)19(4)10-13-5-7-18(3)8-6-13/h9,11-13H,5-8,10,17H2,1-4H3. The first-order valence-corrected chi connectivity index (χ1v) is 7.79. The molecule has 1 fully saturated rings. The minimum absolute atomic E-state index is 0.0688. The molecule has 0 atom stereocenters. The Balaban J connectivity index is 2.02. The monoisotopic (exact) mass is 292 g/mol. The highest BCUT2D eigenvalue weighted by molar-refractivity contribution is 5.93. The number of nitrogens with zero attached hydrogens (tertiary/aromatic N) is 3. The van der Waals surface area contributed by atoms with Crippen LogP contribution in [0.3, 0.4) is 0 Å². The molecule has 0 saturated carbocycles. The van der Waals surface area contributed by atoms with Crippen molar-refractivity contribution < 1.29 is 4.79 Å². The average Bonchev–Trinajstić information content (AvgIpc) is 2.82. The Morgan fingerprint density at radius 3 is 2.62 bits per heavy atom. The lowest BCUT2D eigenvalue weighted by Crippen LogP contribution is -2.38. The molecular weight excluding hydrogens is 264 g/mol. The Hall–Kier alpha value is -1.49. The number of hydrogen-bond acceptors (Lipinski definition) is 3. The maximum Gasteiger partial charge on any atom is 0.270 e. The summed E-state index contributed by atoms with van der Waals surface area (Å²) in [7, 11) is 4.05. The Kier molecular flexibility index (Phi) is 4.93. The molecule has 2 N–H and O–H groups in total. The molecule has 1 amide bonds. The van der Waals surface area contributed by atoms with Crippen LogP contribution in [0.15, 0.2) is 12.3 Å². The number of rotatable bonds is 4. The molecule has 2 heterocycles. The number of likely N-dealkylation sites (tertiary alicyclic amines) is 1. The predicted molar refractivity (Wildman–Crippen MR) is 86.4 cm³/mol. The molecule has 1 aromatic heterocycles. The van der Waals surface area contributed by atoms with Gasteiger partial charge in [-0.2, -0.15) is 0 Å². The van der Waals surface area contributed by atoms with Crippen LogP contribution in [0.25, 0.3) is 0 Å². The fourth-order valence-electron chi connectivity index (χ4n) is 3.01. The molecule has 21 heavy (non-hydrogen) atoms. The molecule has 2 rings (SSSR count). The number of hydrogen-bond donors (Lipinski definition) is 1. The first kappa shape index (κ1) is 15.9. The van der Waals surface area contributed by atoms with Gasteiger partial charge in [0.1, 0.15) is 5.69 Å². The number of carbonyl (C=O) groups excluding carboxylic acids is 1. The Morgan fingerprint density at radius 2 is 2.05 bits per heavy atom. The van der Waals surface area contributed by atoms with Crippen LogP contribution in [-0.2, 0) is 0 Å². The number of carbonyl (C=O) groups is 1. The van der Waals surface area contributed by atoms with E-state index in [0.717, 1.165) is 19.6 Å². The number of nitrogen functional groups attached to an aromatic ring is 1. The van der Waals surface area contributed by atoms with Crippen molar-refractivity contribution in [3.05, 3.63) is 18.0 Å². The van der Waals surface area contributed by atoms with Crippen molar-refractivity contribution >= 4 is 11.6 Å². The van der Waals surface area contributed by atoms with Gasteiger partial charge in [-0.05, 0) is 58.8 Å². The number of aromatic nitrogens is 1. The summed E-state index contributed by atoms with van der Waals surface area (Å²) < 4.78 is 1.96. The highest BCUT2D eigenvalue weighted by Gasteiger charge is 2.23. The van der Waals surface area contributed by atoms with Crippen LogP contribution >= 0.6 is 0 Å². The smallest absolute Gasteiger partial charge is 0.270 e. The number of anilines is 1. The second kappa shape index (κ2) is 6.52. The van der Waals surface area contributed by atoms with Gasteiger partial charge in [0, 0.05) is 25.8 Å². The van der Waals surface area contributed by atoms with Gasteiger partial charge in [0.25, 0.3) is 5.91 Å². The zero-order valence-corrected chi connectivity index (χ0v) is 13.7. The topological polar surface area (TPSA) is 54.5 Å². The Labute approximate surface area is 127 Å². The molecule has 0 spiro atoms. The van der Waals surface area contributed by atoms with Crippen molar-refractivity contribution in [3.8, 4) is 0 Å². The second-order valence-electron chi connectivity index (χ2n) is 6.59. The predicted octanol–water partition coefficient (Wildman–Crippen LogP) is 2.06. The number of piperidine rings is 1. The van der Waals surface area contributed by atoms with E-state index in [1.54, 1.807) is 6.07 Å². The average molecular weight is 292 g/mol. The van der Waals surface area contributed by atoms with E-state index in [1.807, 2.05) is 22.7 Å². The van der Waals surface area contributed by atoms with Crippen molar-refractivity contribution in [1.82, 2.24) is 14.4 Å². The maximum absolute atomic E-state index is 12.7. The first-order chi connectivity index (χ1) is 9.88. The molecule has 0 aromatic carbocycles. The molecule has 1 aliphatic rings. The van der Waals surface area contributed by atoms with E-state index in [0.29, 0.717) is 17.3 Å². The van der Waals surface area contributed by atoms with E-state index in [-0.39, 0.29) is 11.9 Å². The molecule has 118 valence electrons. The van der Waals surface area contributed by atoms with E-state index < -0.39 is 0 Å². The maximum atomic E-state index is 12.7. The summed E-state index contributed by atoms with van der Waals surface area (Å²) in [6, 6.07) is 2.02. The summed E-state index contributed by atoms with van der Waals surface area (Å²) in [5, 5.41) is 0. The van der Waals surface area contributed by atoms with Gasteiger partial charge >= 0.3 is 0 Å². The lowest BCUT2D eigenvalue weighted by atomic mass is 9.96. The molecule has 0 bridgehead atoms. The minimum atomic E-state index is 0.0688. The van der Waals surface area contributed by atoms with Crippen molar-refractivity contribution in [2.75, 3.05) is 39.5 Å². The van der Waals surface area contributed by atoms with E-state index in [9.17, 15) is 4.79 Å². The second-order valence-corrected chi connectivity index (χ2v) is 6.59. The largest absolute Gasteiger partial charge is 0.397 e. The van der Waals surface area contributed by atoms with Gasteiger partial charge in [-0.25, -0.2) is 0 Å². The zero-order valence-electron chi connectivity index (χ0n) is 13.7. The quantitative estimate of drug-likeness (QED) is 0.924. The van der Waals surface area contributed by atoms with Crippen molar-refractivity contribution in [3.63, 3.8) is 0 Å². The van der Waals surface area contributed by atoms with Gasteiger partial charge in [0.2, 0.25) is 0 Å². The Bertz CT molecular complexity index is 486. The van der Waals surface area contributed by atoms with Gasteiger partial charge in [0.15, 0.2) is 0 Å². The molecule has 0 unspecified atom stereocenters. The van der Waals surface area contributed by atoms with Crippen LogP contribution in [0.1, 0.15) is 43.2 Å². The summed E-state index contributed by atoms with van der Waals surface area (Å²) in [6.45, 7) is 7.21. The third-order valence-electron chi connectivity index (χ3n) is 4.36. The third kappa shape index (κ3) is 3.79. The molecule has 1 saturated heterocycles. The van der Waals surface area contributed by atoms with Gasteiger partial charge in [-0.15, -0.1) is 0 Å². The zero-order chi connectivity index (χ0) is 15.6. The molecular formula is C16H28N4O. The van der Waals surface area contributed by atoms with E-state index in [1.165, 1.54) is 12.8 Å². The summed E-state index contributed by atoms with van der Waals surface area (Å²) in [6.07, 6.45) is 4.18. The summed E-state index contributed by atoms with van der Waals surface area (Å²) in [4.78, 5) is 16.9. The van der Waals surface area contributed by atoms with Gasteiger partial charge in [0.05, 0.1) is 5.69 Å². The fraction of sp³-hybridized carbons (Fsp3) is 0.688. The molecule has 0 aliphatic carbocycles. The molecule has 0 radical (unpaired) electrons. The van der Waals surface area contributed by atoms with E-state index >= 15 is 0 Å². The van der Waals surface area contributed by atoms with Crippen LogP contribution in [-0.4, -0.2) is 54.0 Å².